The van der Waals surface area contributed by atoms with Crippen molar-refractivity contribution >= 4 is 16.8 Å². The Hall–Kier alpha value is -0.120. The lowest BCUT2D eigenvalue weighted by molar-refractivity contribution is -0.116. The zero-order valence-electron chi connectivity index (χ0n) is 5.93. The van der Waals surface area contributed by atoms with Crippen LogP contribution in [0.2, 0.25) is 0 Å². The lowest BCUT2D eigenvalue weighted by Gasteiger charge is -1.98. The third-order valence-corrected chi connectivity index (χ3v) is 0.962. The Morgan fingerprint density at radius 3 is 2.70 bits per heavy atom. The zero-order valence-corrected chi connectivity index (χ0v) is 6.69. The summed E-state index contributed by atoms with van der Waals surface area (Å²) in [5.41, 5.74) is 0. The van der Waals surface area contributed by atoms with Gasteiger partial charge in [0.1, 0.15) is 6.61 Å². The first-order valence-corrected chi connectivity index (χ1v) is 3.40. The average Bonchev–Trinajstić information content (AvgIpc) is 1.87. The van der Waals surface area contributed by atoms with Crippen LogP contribution in [0.1, 0.15) is 6.42 Å². The van der Waals surface area contributed by atoms with Gasteiger partial charge in [-0.05, 0) is 18.0 Å². The molecule has 0 saturated carbocycles. The minimum atomic E-state index is -0.461. The summed E-state index contributed by atoms with van der Waals surface area (Å²) in [5, 5.41) is -0.461. The molecular weight excluding hydrogens is 156 g/mol. The van der Waals surface area contributed by atoms with Gasteiger partial charge in [0.05, 0.1) is 0 Å². The summed E-state index contributed by atoms with van der Waals surface area (Å²) in [4.78, 5) is 10.1. The summed E-state index contributed by atoms with van der Waals surface area (Å²) >= 11 is 5.00. The molecular formula is C6H11ClO3. The van der Waals surface area contributed by atoms with Crippen molar-refractivity contribution in [3.05, 3.63) is 0 Å². The Kier molecular flexibility index (Phi) is 6.91. The molecule has 0 unspecified atom stereocenters. The van der Waals surface area contributed by atoms with Crippen molar-refractivity contribution in [3.8, 4) is 0 Å². The maximum atomic E-state index is 10.1. The van der Waals surface area contributed by atoms with E-state index in [0.717, 1.165) is 6.42 Å². The Balaban J connectivity index is 2.84. The van der Waals surface area contributed by atoms with Gasteiger partial charge in [-0.15, -0.1) is 0 Å². The number of hydrogen-bond donors (Lipinski definition) is 0. The summed E-state index contributed by atoms with van der Waals surface area (Å²) in [5.74, 6) is 0. The normalized spacial score (nSPS) is 9.80. The van der Waals surface area contributed by atoms with Crippen molar-refractivity contribution in [1.82, 2.24) is 0 Å². The first kappa shape index (κ1) is 9.88. The van der Waals surface area contributed by atoms with Gasteiger partial charge >= 0.3 is 0 Å². The number of halogens is 1. The highest BCUT2D eigenvalue weighted by Gasteiger charge is 1.93. The molecule has 0 spiro atoms. The van der Waals surface area contributed by atoms with Crippen LogP contribution < -0.4 is 0 Å². The van der Waals surface area contributed by atoms with Crippen LogP contribution in [0.15, 0.2) is 0 Å². The van der Waals surface area contributed by atoms with Gasteiger partial charge in [-0.2, -0.15) is 0 Å². The molecule has 0 bridgehead atoms. The molecule has 3 nitrogen and oxygen atoms in total. The van der Waals surface area contributed by atoms with Crippen molar-refractivity contribution in [2.75, 3.05) is 26.9 Å². The largest absolute Gasteiger partial charge is 0.385 e. The van der Waals surface area contributed by atoms with Gasteiger partial charge in [0.2, 0.25) is 5.24 Å². The number of carbonyl (C=O) groups excluding carboxylic acids is 1. The second-order valence-corrected chi connectivity index (χ2v) is 2.18. The highest BCUT2D eigenvalue weighted by atomic mass is 35.5. The van der Waals surface area contributed by atoms with Gasteiger partial charge in [0.15, 0.2) is 0 Å². The second-order valence-electron chi connectivity index (χ2n) is 1.75. The molecule has 0 aromatic rings. The molecule has 0 aliphatic rings. The van der Waals surface area contributed by atoms with E-state index in [1.165, 1.54) is 0 Å². The molecule has 0 aliphatic heterocycles. The van der Waals surface area contributed by atoms with Gasteiger partial charge in [0, 0.05) is 20.3 Å². The van der Waals surface area contributed by atoms with Crippen LogP contribution in [0.4, 0.5) is 0 Å². The molecule has 0 aromatic heterocycles. The molecule has 0 rings (SSSR count). The number of methoxy groups -OCH3 is 1. The van der Waals surface area contributed by atoms with Crippen molar-refractivity contribution in [2.24, 2.45) is 0 Å². The zero-order chi connectivity index (χ0) is 7.82. The van der Waals surface area contributed by atoms with Crippen molar-refractivity contribution in [2.45, 2.75) is 6.42 Å². The predicted molar refractivity (Wildman–Crippen MR) is 38.2 cm³/mol. The van der Waals surface area contributed by atoms with Gasteiger partial charge < -0.3 is 9.47 Å². The van der Waals surface area contributed by atoms with Gasteiger partial charge in [-0.3, -0.25) is 4.79 Å². The topological polar surface area (TPSA) is 35.5 Å². The third-order valence-electron chi connectivity index (χ3n) is 0.853. The Bertz CT molecular complexity index is 95.0. The SMILES string of the molecule is COCCCOCC(=O)Cl. The molecule has 10 heavy (non-hydrogen) atoms. The van der Waals surface area contributed by atoms with E-state index in [1.54, 1.807) is 7.11 Å². The summed E-state index contributed by atoms with van der Waals surface area (Å²) in [6.45, 7) is 1.16. The van der Waals surface area contributed by atoms with Crippen molar-refractivity contribution in [3.63, 3.8) is 0 Å². The Morgan fingerprint density at radius 2 is 2.20 bits per heavy atom. The lowest BCUT2D eigenvalue weighted by Crippen LogP contribution is -2.04. The van der Waals surface area contributed by atoms with E-state index in [1.807, 2.05) is 0 Å². The van der Waals surface area contributed by atoms with E-state index >= 15 is 0 Å². The van der Waals surface area contributed by atoms with Crippen LogP contribution in [0.25, 0.3) is 0 Å². The van der Waals surface area contributed by atoms with Crippen LogP contribution in [0.3, 0.4) is 0 Å². The van der Waals surface area contributed by atoms with E-state index in [9.17, 15) is 4.79 Å². The molecule has 0 radical (unpaired) electrons. The molecule has 0 fully saturated rings. The summed E-state index contributed by atoms with van der Waals surface area (Å²) in [6, 6.07) is 0. The van der Waals surface area contributed by atoms with Crippen LogP contribution >= 0.6 is 11.6 Å². The first-order valence-electron chi connectivity index (χ1n) is 3.02. The number of ether oxygens (including phenoxy) is 2. The molecule has 60 valence electrons. The third kappa shape index (κ3) is 7.88. The predicted octanol–water partition coefficient (Wildman–Crippen LogP) is 0.805. The van der Waals surface area contributed by atoms with Crippen LogP contribution in [0.5, 0.6) is 0 Å². The van der Waals surface area contributed by atoms with E-state index in [4.69, 9.17) is 21.1 Å². The van der Waals surface area contributed by atoms with Gasteiger partial charge in [-0.25, -0.2) is 0 Å². The summed E-state index contributed by atoms with van der Waals surface area (Å²) < 4.78 is 9.59. The highest BCUT2D eigenvalue weighted by Crippen LogP contribution is 1.86. The fourth-order valence-electron chi connectivity index (χ4n) is 0.458. The molecule has 0 atom stereocenters. The highest BCUT2D eigenvalue weighted by molar-refractivity contribution is 6.63. The van der Waals surface area contributed by atoms with E-state index in [2.05, 4.69) is 0 Å². The fraction of sp³-hybridized carbons (Fsp3) is 0.833. The molecule has 0 aromatic carbocycles. The maximum Gasteiger partial charge on any atom is 0.247 e. The van der Waals surface area contributed by atoms with Gasteiger partial charge in [-0.1, -0.05) is 0 Å². The summed E-state index contributed by atoms with van der Waals surface area (Å²) in [7, 11) is 1.62. The van der Waals surface area contributed by atoms with Crippen molar-refractivity contribution in [1.29, 1.82) is 0 Å². The second kappa shape index (κ2) is 6.99. The van der Waals surface area contributed by atoms with Crippen LogP contribution in [-0.2, 0) is 14.3 Å². The number of hydrogen-bond acceptors (Lipinski definition) is 3. The Labute approximate surface area is 65.3 Å². The monoisotopic (exact) mass is 166 g/mol. The minimum Gasteiger partial charge on any atom is -0.385 e. The summed E-state index contributed by atoms with van der Waals surface area (Å²) in [6.07, 6.45) is 0.792. The quantitative estimate of drug-likeness (QED) is 0.433. The van der Waals surface area contributed by atoms with E-state index < -0.39 is 5.24 Å². The fourth-order valence-corrected chi connectivity index (χ4v) is 0.535. The number of carbonyl (C=O) groups is 1. The molecule has 0 heterocycles. The molecule has 0 aliphatic carbocycles. The molecule has 0 N–H and O–H groups in total. The lowest BCUT2D eigenvalue weighted by atomic mass is 10.5. The van der Waals surface area contributed by atoms with Gasteiger partial charge in [0.25, 0.3) is 0 Å². The van der Waals surface area contributed by atoms with E-state index in [-0.39, 0.29) is 6.61 Å². The molecule has 4 heteroatoms. The molecule has 0 saturated heterocycles. The number of rotatable bonds is 6. The Morgan fingerprint density at radius 1 is 1.50 bits per heavy atom. The maximum absolute atomic E-state index is 10.1. The smallest absolute Gasteiger partial charge is 0.247 e. The van der Waals surface area contributed by atoms with Crippen molar-refractivity contribution < 1.29 is 14.3 Å². The standard InChI is InChI=1S/C6H11ClO3/c1-9-3-2-4-10-5-6(7)8/h2-5H2,1H3. The molecule has 0 amide bonds. The minimum absolute atomic E-state index is 0.00866. The van der Waals surface area contributed by atoms with Crippen LogP contribution in [-0.4, -0.2) is 32.2 Å². The first-order chi connectivity index (χ1) is 4.77. The average molecular weight is 167 g/mol. The van der Waals surface area contributed by atoms with Crippen LogP contribution in [0, 0.1) is 0 Å². The van der Waals surface area contributed by atoms with E-state index in [0.29, 0.717) is 13.2 Å².